The molecule has 0 aliphatic rings. The third-order valence-electron chi connectivity index (χ3n) is 3.86. The Labute approximate surface area is 147 Å². The smallest absolute Gasteiger partial charge is 0.271 e. The first kappa shape index (κ1) is 18.4. The number of hydrogen-bond acceptors (Lipinski definition) is 4. The number of amides is 1. The molecule has 6 nitrogen and oxygen atoms in total. The lowest BCUT2D eigenvalue weighted by Gasteiger charge is -2.11. The highest BCUT2D eigenvalue weighted by Gasteiger charge is 2.11. The second-order valence-electron chi connectivity index (χ2n) is 6.03. The number of ether oxygens (including phenoxy) is 1. The Bertz CT molecular complexity index is 787. The molecule has 132 valence electrons. The van der Waals surface area contributed by atoms with Gasteiger partial charge in [-0.15, -0.1) is 0 Å². The minimum Gasteiger partial charge on any atom is -0.493 e. The van der Waals surface area contributed by atoms with Crippen LogP contribution in [0.2, 0.25) is 0 Å². The Balaban J connectivity index is 1.84. The molecule has 0 heterocycles. The average molecular weight is 342 g/mol. The molecule has 1 N–H and O–H groups in total. The van der Waals surface area contributed by atoms with Crippen LogP contribution in [0.4, 0.5) is 11.4 Å². The quantitative estimate of drug-likeness (QED) is 0.461. The van der Waals surface area contributed by atoms with Crippen LogP contribution < -0.4 is 10.1 Å². The molecule has 25 heavy (non-hydrogen) atoms. The summed E-state index contributed by atoms with van der Waals surface area (Å²) in [6.45, 7) is 6.21. The molecule has 6 heteroatoms. The third-order valence-corrected chi connectivity index (χ3v) is 3.86. The number of rotatable bonds is 7. The van der Waals surface area contributed by atoms with Gasteiger partial charge < -0.3 is 10.1 Å². The van der Waals surface area contributed by atoms with Crippen molar-refractivity contribution in [2.24, 2.45) is 0 Å². The van der Waals surface area contributed by atoms with Gasteiger partial charge >= 0.3 is 0 Å². The van der Waals surface area contributed by atoms with Crippen molar-refractivity contribution < 1.29 is 14.5 Å². The number of aryl methyl sites for hydroxylation is 3. The average Bonchev–Trinajstić information content (AvgIpc) is 2.56. The summed E-state index contributed by atoms with van der Waals surface area (Å²) in [4.78, 5) is 22.4. The van der Waals surface area contributed by atoms with E-state index in [9.17, 15) is 14.9 Å². The van der Waals surface area contributed by atoms with E-state index < -0.39 is 4.92 Å². The summed E-state index contributed by atoms with van der Waals surface area (Å²) in [5.74, 6) is 0.642. The first-order chi connectivity index (χ1) is 11.9. The monoisotopic (exact) mass is 342 g/mol. The maximum absolute atomic E-state index is 12.0. The van der Waals surface area contributed by atoms with Gasteiger partial charge in [-0.05, 0) is 49.9 Å². The van der Waals surface area contributed by atoms with Crippen LogP contribution in [0, 0.1) is 30.9 Å². The molecule has 1 amide bonds. The SMILES string of the molecule is Cc1ccc(C)c(OCCCC(=O)Nc2cc([N+](=O)[O-])ccc2C)c1. The molecule has 0 spiro atoms. The van der Waals surface area contributed by atoms with Crippen molar-refractivity contribution in [1.29, 1.82) is 0 Å². The molecule has 0 aromatic heterocycles. The van der Waals surface area contributed by atoms with E-state index in [1.54, 1.807) is 13.0 Å². The maximum atomic E-state index is 12.0. The Morgan fingerprint density at radius 2 is 1.84 bits per heavy atom. The van der Waals surface area contributed by atoms with Gasteiger partial charge in [0.15, 0.2) is 0 Å². The number of nitro benzene ring substituents is 1. The molecular formula is C19H22N2O4. The number of anilines is 1. The van der Waals surface area contributed by atoms with E-state index in [0.29, 0.717) is 18.7 Å². The molecule has 0 fully saturated rings. The van der Waals surface area contributed by atoms with Crippen molar-refractivity contribution in [3.63, 3.8) is 0 Å². The van der Waals surface area contributed by atoms with Gasteiger partial charge in [0.2, 0.25) is 5.91 Å². The standard InChI is InChI=1S/C19H22N2O4/c1-13-6-7-15(3)18(11-13)25-10-4-5-19(22)20-17-12-16(21(23)24)9-8-14(17)2/h6-9,11-12H,4-5,10H2,1-3H3,(H,20,22). The predicted octanol–water partition coefficient (Wildman–Crippen LogP) is 4.32. The zero-order chi connectivity index (χ0) is 18.4. The van der Waals surface area contributed by atoms with E-state index in [0.717, 1.165) is 22.4 Å². The van der Waals surface area contributed by atoms with Crippen molar-refractivity contribution in [2.45, 2.75) is 33.6 Å². The van der Waals surface area contributed by atoms with Crippen molar-refractivity contribution in [2.75, 3.05) is 11.9 Å². The molecule has 2 rings (SSSR count). The summed E-state index contributed by atoms with van der Waals surface area (Å²) in [5, 5.41) is 13.5. The molecule has 0 aliphatic carbocycles. The summed E-state index contributed by atoms with van der Waals surface area (Å²) in [7, 11) is 0. The van der Waals surface area contributed by atoms with Gasteiger partial charge in [0.05, 0.1) is 17.2 Å². The molecule has 2 aromatic rings. The van der Waals surface area contributed by atoms with Gasteiger partial charge in [-0.1, -0.05) is 18.2 Å². The Kier molecular flexibility index (Phi) is 6.11. The van der Waals surface area contributed by atoms with Crippen LogP contribution in [0.1, 0.15) is 29.5 Å². The lowest BCUT2D eigenvalue weighted by molar-refractivity contribution is -0.384. The fourth-order valence-corrected chi connectivity index (χ4v) is 2.35. The molecule has 2 aromatic carbocycles. The number of nitrogens with zero attached hydrogens (tertiary/aromatic N) is 1. The van der Waals surface area contributed by atoms with Gasteiger partial charge in [-0.3, -0.25) is 14.9 Å². The zero-order valence-corrected chi connectivity index (χ0v) is 14.7. The van der Waals surface area contributed by atoms with Crippen molar-refractivity contribution >= 4 is 17.3 Å². The van der Waals surface area contributed by atoms with Crippen LogP contribution in [0.5, 0.6) is 5.75 Å². The number of nitro groups is 1. The molecule has 0 aliphatic heterocycles. The lowest BCUT2D eigenvalue weighted by Crippen LogP contribution is -2.14. The van der Waals surface area contributed by atoms with Gasteiger partial charge in [0.1, 0.15) is 5.75 Å². The topological polar surface area (TPSA) is 81.5 Å². The summed E-state index contributed by atoms with van der Waals surface area (Å²) in [6.07, 6.45) is 0.847. The normalized spacial score (nSPS) is 10.4. The molecule has 0 bridgehead atoms. The predicted molar refractivity (Wildman–Crippen MR) is 97.1 cm³/mol. The van der Waals surface area contributed by atoms with Gasteiger partial charge in [-0.25, -0.2) is 0 Å². The van der Waals surface area contributed by atoms with Crippen LogP contribution >= 0.6 is 0 Å². The summed E-state index contributed by atoms with van der Waals surface area (Å²) >= 11 is 0. The summed E-state index contributed by atoms with van der Waals surface area (Å²) in [5.41, 5.74) is 3.39. The largest absolute Gasteiger partial charge is 0.493 e. The Morgan fingerprint density at radius 3 is 2.56 bits per heavy atom. The van der Waals surface area contributed by atoms with Gasteiger partial charge in [-0.2, -0.15) is 0 Å². The highest BCUT2D eigenvalue weighted by atomic mass is 16.6. The van der Waals surface area contributed by atoms with Gasteiger partial charge in [0.25, 0.3) is 5.69 Å². The van der Waals surface area contributed by atoms with Crippen LogP contribution in [0.25, 0.3) is 0 Å². The first-order valence-electron chi connectivity index (χ1n) is 8.12. The van der Waals surface area contributed by atoms with Crippen molar-refractivity contribution in [1.82, 2.24) is 0 Å². The molecule has 0 saturated heterocycles. The van der Waals surface area contributed by atoms with Crippen LogP contribution in [0.3, 0.4) is 0 Å². The zero-order valence-electron chi connectivity index (χ0n) is 14.7. The van der Waals surface area contributed by atoms with E-state index in [1.807, 2.05) is 32.0 Å². The number of benzene rings is 2. The summed E-state index contributed by atoms with van der Waals surface area (Å²) in [6, 6.07) is 10.4. The fraction of sp³-hybridized carbons (Fsp3) is 0.316. The van der Waals surface area contributed by atoms with Crippen LogP contribution in [-0.2, 0) is 4.79 Å². The van der Waals surface area contributed by atoms with Crippen LogP contribution in [0.15, 0.2) is 36.4 Å². The van der Waals surface area contributed by atoms with Crippen molar-refractivity contribution in [3.05, 3.63) is 63.2 Å². The van der Waals surface area contributed by atoms with E-state index in [2.05, 4.69) is 5.32 Å². The fourth-order valence-electron chi connectivity index (χ4n) is 2.35. The molecule has 0 atom stereocenters. The number of non-ortho nitro benzene ring substituents is 1. The molecule has 0 radical (unpaired) electrons. The number of carbonyl (C=O) groups is 1. The van der Waals surface area contributed by atoms with E-state index in [4.69, 9.17) is 4.74 Å². The minimum atomic E-state index is -0.479. The van der Waals surface area contributed by atoms with E-state index >= 15 is 0 Å². The number of carbonyl (C=O) groups excluding carboxylic acids is 1. The van der Waals surface area contributed by atoms with E-state index in [-0.39, 0.29) is 18.0 Å². The second kappa shape index (κ2) is 8.28. The second-order valence-corrected chi connectivity index (χ2v) is 6.03. The minimum absolute atomic E-state index is 0.0424. The highest BCUT2D eigenvalue weighted by molar-refractivity contribution is 5.91. The summed E-state index contributed by atoms with van der Waals surface area (Å²) < 4.78 is 5.72. The number of nitrogens with one attached hydrogen (secondary N) is 1. The molecular weight excluding hydrogens is 320 g/mol. The Hall–Kier alpha value is -2.89. The molecule has 0 unspecified atom stereocenters. The number of hydrogen-bond donors (Lipinski definition) is 1. The van der Waals surface area contributed by atoms with Gasteiger partial charge in [0, 0.05) is 18.6 Å². The Morgan fingerprint density at radius 1 is 1.12 bits per heavy atom. The molecule has 0 saturated carbocycles. The maximum Gasteiger partial charge on any atom is 0.271 e. The van der Waals surface area contributed by atoms with Crippen molar-refractivity contribution in [3.8, 4) is 5.75 Å². The highest BCUT2D eigenvalue weighted by Crippen LogP contribution is 2.22. The van der Waals surface area contributed by atoms with E-state index in [1.165, 1.54) is 12.1 Å². The lowest BCUT2D eigenvalue weighted by atomic mass is 10.1. The third kappa shape index (κ3) is 5.31. The van der Waals surface area contributed by atoms with Crippen LogP contribution in [-0.4, -0.2) is 17.4 Å². The first-order valence-corrected chi connectivity index (χ1v) is 8.12.